The molecule has 8 rings (SSSR count). The second-order valence-corrected chi connectivity index (χ2v) is 17.7. The first kappa shape index (κ1) is 39.7. The molecule has 8 nitrogen and oxygen atoms in total. The Labute approximate surface area is 339 Å². The quantitative estimate of drug-likeness (QED) is 0.141. The molecule has 5 N–H and O–H groups in total. The molecule has 1 fully saturated rings. The van der Waals surface area contributed by atoms with Gasteiger partial charge in [0.2, 0.25) is 0 Å². The van der Waals surface area contributed by atoms with Crippen molar-refractivity contribution in [2.75, 3.05) is 19.8 Å². The lowest BCUT2D eigenvalue weighted by atomic mass is 9.57. The number of aryl methyl sites for hydroxylation is 2. The third kappa shape index (κ3) is 8.56. The van der Waals surface area contributed by atoms with Crippen LogP contribution < -0.4 is 15.8 Å². The number of hydrogen-bond donors (Lipinski definition) is 4. The number of nitrogens with one attached hydrogen (secondary N) is 1. The van der Waals surface area contributed by atoms with Crippen molar-refractivity contribution in [2.24, 2.45) is 23.5 Å². The van der Waals surface area contributed by atoms with Crippen molar-refractivity contribution in [2.45, 2.75) is 122 Å². The number of aromatic nitrogens is 1. The molecule has 0 spiro atoms. The van der Waals surface area contributed by atoms with Gasteiger partial charge in [0, 0.05) is 40.8 Å². The van der Waals surface area contributed by atoms with E-state index in [-0.39, 0.29) is 30.0 Å². The Balaban J connectivity index is 1.22. The summed E-state index contributed by atoms with van der Waals surface area (Å²) in [5.74, 6) is 3.16. The highest BCUT2D eigenvalue weighted by atomic mass is 16.5. The molecule has 3 aromatic carbocycles. The standard InChI is InChI=1S/C49H63N3O5/c1-4-33(10-9-32(2)3)12-18-42-26-41(53)17-11-34-13-19-45(54)46(23-34)57-30-38-25-40(49-21-22-55-31-39(49)16-14-35-7-5-6-8-44(35)49)24-37-27-52(28-43(37)38)48-36(29-56-42)15-20-47(50)51-48/h5-8,13,15,19-20,23-25,27-28,32-33,39,41-42,47,51,53-54H,4,9-12,14,16-18,21-22,26,29-31,50H2,1-3H3/t33-,39-,41-,42+,47?,49-/m1/s1. The summed E-state index contributed by atoms with van der Waals surface area (Å²) < 4.78 is 21.7. The molecule has 4 heterocycles. The van der Waals surface area contributed by atoms with Crippen molar-refractivity contribution >= 4 is 16.6 Å². The van der Waals surface area contributed by atoms with Crippen molar-refractivity contribution in [1.29, 1.82) is 0 Å². The van der Waals surface area contributed by atoms with E-state index in [1.807, 2.05) is 18.2 Å². The largest absolute Gasteiger partial charge is 0.504 e. The molecule has 3 aliphatic heterocycles. The van der Waals surface area contributed by atoms with Crippen LogP contribution in [-0.2, 0) is 34.3 Å². The van der Waals surface area contributed by atoms with Crippen LogP contribution >= 0.6 is 0 Å². The summed E-state index contributed by atoms with van der Waals surface area (Å²) in [6.45, 7) is 9.05. The van der Waals surface area contributed by atoms with Crippen molar-refractivity contribution in [3.8, 4) is 11.5 Å². The number of phenolic OH excluding ortho intramolecular Hbond substituents is 1. The average molecular weight is 774 g/mol. The highest BCUT2D eigenvalue weighted by molar-refractivity contribution is 5.88. The van der Waals surface area contributed by atoms with Gasteiger partial charge in [-0.05, 0) is 121 Å². The maximum Gasteiger partial charge on any atom is 0.161 e. The van der Waals surface area contributed by atoms with E-state index < -0.39 is 6.10 Å². The first-order chi connectivity index (χ1) is 27.7. The van der Waals surface area contributed by atoms with E-state index in [1.54, 1.807) is 6.07 Å². The van der Waals surface area contributed by atoms with E-state index in [4.69, 9.17) is 19.9 Å². The summed E-state index contributed by atoms with van der Waals surface area (Å²) in [4.78, 5) is 0. The number of phenols is 1. The van der Waals surface area contributed by atoms with Crippen molar-refractivity contribution < 1.29 is 24.4 Å². The first-order valence-corrected chi connectivity index (χ1v) is 21.7. The van der Waals surface area contributed by atoms with Crippen LogP contribution in [0.2, 0.25) is 0 Å². The van der Waals surface area contributed by atoms with Gasteiger partial charge in [0.15, 0.2) is 11.5 Å². The molecule has 1 unspecified atom stereocenters. The number of aliphatic hydroxyl groups is 1. The van der Waals surface area contributed by atoms with Gasteiger partial charge in [-0.15, -0.1) is 0 Å². The van der Waals surface area contributed by atoms with Gasteiger partial charge in [-0.3, -0.25) is 0 Å². The highest BCUT2D eigenvalue weighted by Crippen LogP contribution is 2.52. The van der Waals surface area contributed by atoms with E-state index in [1.165, 1.54) is 29.5 Å². The average Bonchev–Trinajstić information content (AvgIpc) is 3.66. The fourth-order valence-corrected chi connectivity index (χ4v) is 10.1. The van der Waals surface area contributed by atoms with Crippen molar-refractivity contribution in [3.05, 3.63) is 113 Å². The summed E-state index contributed by atoms with van der Waals surface area (Å²) in [6, 6.07) is 19.3. The maximum atomic E-state index is 11.4. The summed E-state index contributed by atoms with van der Waals surface area (Å²) in [5, 5.41) is 28.2. The minimum atomic E-state index is -0.522. The van der Waals surface area contributed by atoms with Gasteiger partial charge < -0.3 is 40.0 Å². The Bertz CT molecular complexity index is 2080. The van der Waals surface area contributed by atoms with Gasteiger partial charge in [0.05, 0.1) is 31.6 Å². The molecule has 0 saturated carbocycles. The predicted octanol–water partition coefficient (Wildman–Crippen LogP) is 9.13. The van der Waals surface area contributed by atoms with Crippen LogP contribution in [0, 0.1) is 17.8 Å². The number of aliphatic hydroxyl groups excluding tert-OH is 1. The minimum absolute atomic E-state index is 0.0913. The van der Waals surface area contributed by atoms with Crippen LogP contribution in [-0.4, -0.2) is 53.0 Å². The van der Waals surface area contributed by atoms with E-state index >= 15 is 0 Å². The van der Waals surface area contributed by atoms with Crippen LogP contribution in [0.25, 0.3) is 16.6 Å². The third-order valence-electron chi connectivity index (χ3n) is 13.5. The SMILES string of the molecule is CC[C@H](CCC(C)C)CC[C@H]1C[C@H](O)CCc2ccc(O)c(c2)OCc2cc([C@@]34CCOC[C@H]3CCc3ccccc34)cc3cn(cc23)C2=C(C=CC(N)N2)CO1. The number of fused-ring (bicyclic) bond motifs is 7. The minimum Gasteiger partial charge on any atom is -0.504 e. The lowest BCUT2D eigenvalue weighted by Crippen LogP contribution is -2.47. The molecule has 4 aromatic rings. The van der Waals surface area contributed by atoms with E-state index in [2.05, 4.69) is 85.5 Å². The molecule has 0 amide bonds. The molecule has 304 valence electrons. The molecule has 4 bridgehead atoms. The number of dihydropyridines is 1. The predicted molar refractivity (Wildman–Crippen MR) is 228 cm³/mol. The zero-order chi connectivity index (χ0) is 39.5. The van der Waals surface area contributed by atoms with Crippen LogP contribution in [0.15, 0.2) is 84.7 Å². The van der Waals surface area contributed by atoms with Gasteiger partial charge in [0.25, 0.3) is 0 Å². The summed E-state index contributed by atoms with van der Waals surface area (Å²) in [6.07, 6.45) is 18.0. The van der Waals surface area contributed by atoms with Crippen LogP contribution in [0.1, 0.15) is 106 Å². The zero-order valence-corrected chi connectivity index (χ0v) is 34.2. The number of rotatable bonds is 8. The monoisotopic (exact) mass is 773 g/mol. The molecular formula is C49H63N3O5. The Kier molecular flexibility index (Phi) is 12.1. The molecule has 1 aliphatic carbocycles. The van der Waals surface area contributed by atoms with Gasteiger partial charge in [-0.2, -0.15) is 0 Å². The van der Waals surface area contributed by atoms with Crippen molar-refractivity contribution in [3.63, 3.8) is 0 Å². The fourth-order valence-electron chi connectivity index (χ4n) is 10.1. The number of ether oxygens (including phenoxy) is 3. The molecule has 1 saturated heterocycles. The first-order valence-electron chi connectivity index (χ1n) is 21.7. The Morgan fingerprint density at radius 2 is 1.86 bits per heavy atom. The second kappa shape index (κ2) is 17.4. The number of nitrogens with two attached hydrogens (primary N) is 1. The number of aromatic hydroxyl groups is 1. The number of benzene rings is 3. The lowest BCUT2D eigenvalue weighted by molar-refractivity contribution is 0.00498. The highest BCUT2D eigenvalue weighted by Gasteiger charge is 2.47. The Morgan fingerprint density at radius 1 is 0.982 bits per heavy atom. The summed E-state index contributed by atoms with van der Waals surface area (Å²) in [7, 11) is 0. The van der Waals surface area contributed by atoms with Crippen LogP contribution in [0.4, 0.5) is 0 Å². The Hall–Kier alpha value is -4.08. The van der Waals surface area contributed by atoms with Gasteiger partial charge >= 0.3 is 0 Å². The van der Waals surface area contributed by atoms with Crippen molar-refractivity contribution in [1.82, 2.24) is 9.88 Å². The molecule has 6 atom stereocenters. The topological polar surface area (TPSA) is 111 Å². The molecule has 57 heavy (non-hydrogen) atoms. The summed E-state index contributed by atoms with van der Waals surface area (Å²) >= 11 is 0. The second-order valence-electron chi connectivity index (χ2n) is 17.7. The van der Waals surface area contributed by atoms with Crippen LogP contribution in [0.3, 0.4) is 0 Å². The molecule has 0 radical (unpaired) electrons. The molecular weight excluding hydrogens is 711 g/mol. The maximum absolute atomic E-state index is 11.4. The number of nitrogens with zero attached hydrogens (tertiary/aromatic N) is 1. The van der Waals surface area contributed by atoms with Crippen LogP contribution in [0.5, 0.6) is 11.5 Å². The van der Waals surface area contributed by atoms with Gasteiger partial charge in [-0.1, -0.05) is 82.5 Å². The lowest BCUT2D eigenvalue weighted by Gasteiger charge is -2.49. The Morgan fingerprint density at radius 3 is 2.72 bits per heavy atom. The fraction of sp³-hybridized carbons (Fsp3) is 0.510. The van der Waals surface area contributed by atoms with E-state index in [9.17, 15) is 10.2 Å². The van der Waals surface area contributed by atoms with Gasteiger partial charge in [0.1, 0.15) is 12.4 Å². The summed E-state index contributed by atoms with van der Waals surface area (Å²) in [5.41, 5.74) is 13.6. The molecule has 1 aromatic heterocycles. The molecule has 8 heteroatoms. The zero-order valence-electron chi connectivity index (χ0n) is 34.2. The number of hydrogen-bond acceptors (Lipinski definition) is 7. The normalized spacial score (nSPS) is 25.9. The van der Waals surface area contributed by atoms with E-state index in [0.717, 1.165) is 78.4 Å². The van der Waals surface area contributed by atoms with Gasteiger partial charge in [-0.25, -0.2) is 0 Å². The van der Waals surface area contributed by atoms with E-state index in [0.29, 0.717) is 56.0 Å². The third-order valence-corrected chi connectivity index (χ3v) is 13.5. The molecule has 4 aliphatic rings. The smallest absolute Gasteiger partial charge is 0.161 e.